The summed E-state index contributed by atoms with van der Waals surface area (Å²) in [6.45, 7) is -0.982. The highest BCUT2D eigenvalue weighted by atomic mass is 16.3. The molecule has 1 nitrogen and oxygen atoms in total. The third-order valence-electron chi connectivity index (χ3n) is 7.58. The Morgan fingerprint density at radius 1 is 1.21 bits per heavy atom. The van der Waals surface area contributed by atoms with Crippen molar-refractivity contribution in [3.8, 4) is 0 Å². The number of aliphatic hydroxyl groups excluding tert-OH is 1. The van der Waals surface area contributed by atoms with Crippen LogP contribution in [0.2, 0.25) is 0 Å². The van der Waals surface area contributed by atoms with Gasteiger partial charge in [-0.15, -0.1) is 0 Å². The zero-order valence-corrected chi connectivity index (χ0v) is 17.5. The molecule has 3 aliphatic rings. The second kappa shape index (κ2) is 9.33. The van der Waals surface area contributed by atoms with E-state index in [1.807, 2.05) is 0 Å². The molecule has 0 aliphatic heterocycles. The Hall–Kier alpha value is -0.820. The molecule has 0 unspecified atom stereocenters. The van der Waals surface area contributed by atoms with Gasteiger partial charge in [0, 0.05) is 12.3 Å². The minimum absolute atomic E-state index is 0.0215. The maximum Gasteiger partial charge on any atom is 0.0583 e. The van der Waals surface area contributed by atoms with Crippen molar-refractivity contribution < 1.29 is 17.4 Å². The summed E-state index contributed by atoms with van der Waals surface area (Å²) >= 11 is 0. The maximum absolute atomic E-state index is 10.1. The van der Waals surface area contributed by atoms with E-state index in [0.717, 1.165) is 49.7 Å². The van der Waals surface area contributed by atoms with Crippen LogP contribution < -0.4 is 0 Å². The normalized spacial score (nSPS) is 43.8. The Morgan fingerprint density at radius 3 is 2.86 bits per heavy atom. The van der Waals surface area contributed by atoms with Crippen LogP contribution in [-0.2, 0) is 0 Å². The fourth-order valence-electron chi connectivity index (χ4n) is 5.99. The Labute approximate surface area is 187 Å². The van der Waals surface area contributed by atoms with Crippen molar-refractivity contribution >= 4 is 0 Å². The van der Waals surface area contributed by atoms with Gasteiger partial charge in [0.1, 0.15) is 0 Å². The van der Waals surface area contributed by atoms with Crippen molar-refractivity contribution in [3.05, 3.63) is 35.5 Å². The summed E-state index contributed by atoms with van der Waals surface area (Å²) in [6, 6.07) is 0. The molecule has 0 aromatic carbocycles. The summed E-state index contributed by atoms with van der Waals surface area (Å²) in [5.41, 5.74) is 2.47. The first-order valence-corrected chi connectivity index (χ1v) is 11.2. The van der Waals surface area contributed by atoms with E-state index in [1.165, 1.54) is 5.57 Å². The van der Waals surface area contributed by atoms with Crippen LogP contribution in [0, 0.1) is 29.1 Å². The first kappa shape index (κ1) is 12.8. The van der Waals surface area contributed by atoms with Gasteiger partial charge in [-0.25, -0.2) is 0 Å². The molecule has 3 rings (SSSR count). The summed E-state index contributed by atoms with van der Waals surface area (Å²) in [6.07, 6.45) is 11.0. The largest absolute Gasteiger partial charge is 0.393 e. The Balaban J connectivity index is 1.80. The highest BCUT2D eigenvalue weighted by Crippen LogP contribution is 2.59. The molecule has 0 aromatic heterocycles. The number of fused-ring (bicyclic) bond motifs is 1. The van der Waals surface area contributed by atoms with Gasteiger partial charge in [-0.3, -0.25) is 0 Å². The quantitative estimate of drug-likeness (QED) is 0.492. The molecular weight excluding hydrogens is 340 g/mol. The standard InChI is InChI=1S/C27H44O/c1-19(2)8-6-9-21(4)25-15-16-26-22(10-7-17-27(25,26)5)12-13-23-18-24(28)14-11-20(23)3/h12-13,19,21,24-26,28H,3,6-11,14-18H2,1-2,4-5H3/b22-12+,23-13-/t21-,24+,25-,26+,27-/m1/s1/i1D3,2D3,5D3. The van der Waals surface area contributed by atoms with E-state index < -0.39 is 31.9 Å². The van der Waals surface area contributed by atoms with Crippen LogP contribution in [0.1, 0.15) is 110 Å². The summed E-state index contributed by atoms with van der Waals surface area (Å²) in [7, 11) is 0. The Bertz CT molecular complexity index is 866. The van der Waals surface area contributed by atoms with E-state index in [9.17, 15) is 5.11 Å². The van der Waals surface area contributed by atoms with E-state index in [2.05, 4.69) is 25.7 Å². The van der Waals surface area contributed by atoms with E-state index in [1.54, 1.807) is 0 Å². The van der Waals surface area contributed by atoms with Crippen molar-refractivity contribution in [1.82, 2.24) is 0 Å². The Kier molecular flexibility index (Phi) is 4.26. The van der Waals surface area contributed by atoms with Crippen molar-refractivity contribution in [3.63, 3.8) is 0 Å². The number of hydrogen-bond acceptors (Lipinski definition) is 1. The molecule has 0 aromatic rings. The van der Waals surface area contributed by atoms with Crippen LogP contribution in [-0.4, -0.2) is 11.2 Å². The molecule has 0 spiro atoms. The van der Waals surface area contributed by atoms with Crippen molar-refractivity contribution in [1.29, 1.82) is 0 Å². The first-order chi connectivity index (χ1) is 17.0. The van der Waals surface area contributed by atoms with Gasteiger partial charge >= 0.3 is 0 Å². The van der Waals surface area contributed by atoms with Crippen LogP contribution in [0.5, 0.6) is 0 Å². The Morgan fingerprint density at radius 2 is 2.07 bits per heavy atom. The van der Waals surface area contributed by atoms with Crippen molar-refractivity contribution in [2.24, 2.45) is 29.1 Å². The molecule has 3 aliphatic carbocycles. The zero-order chi connectivity index (χ0) is 27.8. The van der Waals surface area contributed by atoms with Crippen molar-refractivity contribution in [2.45, 2.75) is 104 Å². The molecule has 1 N–H and O–H groups in total. The highest BCUT2D eigenvalue weighted by molar-refractivity contribution is 5.36. The van der Waals surface area contributed by atoms with E-state index in [4.69, 9.17) is 12.3 Å². The topological polar surface area (TPSA) is 20.2 Å². The van der Waals surface area contributed by atoms with Crippen LogP contribution >= 0.6 is 0 Å². The molecule has 0 bridgehead atoms. The third kappa shape index (κ3) is 4.84. The van der Waals surface area contributed by atoms with Crippen LogP contribution in [0.25, 0.3) is 0 Å². The first-order valence-electron chi connectivity index (χ1n) is 15.7. The number of hydrogen-bond donors (Lipinski definition) is 1. The third-order valence-corrected chi connectivity index (χ3v) is 7.58. The molecule has 3 fully saturated rings. The van der Waals surface area contributed by atoms with E-state index >= 15 is 0 Å². The van der Waals surface area contributed by atoms with E-state index in [-0.39, 0.29) is 30.3 Å². The number of rotatable bonds is 6. The smallest absolute Gasteiger partial charge is 0.0583 e. The molecule has 0 heterocycles. The van der Waals surface area contributed by atoms with Gasteiger partial charge in [0.15, 0.2) is 0 Å². The molecule has 0 saturated heterocycles. The molecular formula is C27H44O. The summed E-state index contributed by atoms with van der Waals surface area (Å²) in [4.78, 5) is 0. The average molecular weight is 394 g/mol. The fraction of sp³-hybridized carbons (Fsp3) is 0.778. The predicted octanol–water partition coefficient (Wildman–Crippen LogP) is 7.62. The highest BCUT2D eigenvalue weighted by Gasteiger charge is 2.50. The van der Waals surface area contributed by atoms with Crippen LogP contribution in [0.4, 0.5) is 0 Å². The predicted molar refractivity (Wildman–Crippen MR) is 121 cm³/mol. The lowest BCUT2D eigenvalue weighted by molar-refractivity contribution is 0.0929. The second-order valence-electron chi connectivity index (χ2n) is 9.52. The molecule has 3 saturated carbocycles. The van der Waals surface area contributed by atoms with E-state index in [0.29, 0.717) is 25.7 Å². The molecule has 0 radical (unpaired) electrons. The minimum atomic E-state index is -2.54. The van der Waals surface area contributed by atoms with Gasteiger partial charge in [0.2, 0.25) is 0 Å². The van der Waals surface area contributed by atoms with Crippen molar-refractivity contribution in [2.75, 3.05) is 0 Å². The fourth-order valence-corrected chi connectivity index (χ4v) is 5.99. The monoisotopic (exact) mass is 393 g/mol. The lowest BCUT2D eigenvalue weighted by atomic mass is 9.60. The van der Waals surface area contributed by atoms with Gasteiger partial charge in [-0.2, -0.15) is 0 Å². The SMILES string of the molecule is [2H]C([2H])([2H])C(CCC[C@@H](C)[C@H]1CC[C@H]2/C(=C/C=C3/C[C@@H](O)CCC3=C)CCC[C@]12C([2H])([2H])[2H])C([2H])([2H])[2H]. The van der Waals surface area contributed by atoms with Crippen LogP contribution in [0.15, 0.2) is 35.5 Å². The molecule has 28 heavy (non-hydrogen) atoms. The van der Waals surface area contributed by atoms with Crippen LogP contribution in [0.3, 0.4) is 0 Å². The number of aliphatic hydroxyl groups is 1. The summed E-state index contributed by atoms with van der Waals surface area (Å²) in [5, 5.41) is 10.1. The molecule has 5 atom stereocenters. The summed E-state index contributed by atoms with van der Waals surface area (Å²) < 4.78 is 71.9. The lowest BCUT2D eigenvalue weighted by Gasteiger charge is -2.44. The average Bonchev–Trinajstić information content (AvgIpc) is 3.17. The van der Waals surface area contributed by atoms with Gasteiger partial charge in [-0.05, 0) is 86.0 Å². The number of allylic oxidation sites excluding steroid dienone is 4. The van der Waals surface area contributed by atoms with Gasteiger partial charge in [0.25, 0.3) is 0 Å². The second-order valence-corrected chi connectivity index (χ2v) is 9.52. The zero-order valence-electron chi connectivity index (χ0n) is 26.5. The minimum Gasteiger partial charge on any atom is -0.393 e. The van der Waals surface area contributed by atoms with Gasteiger partial charge < -0.3 is 5.11 Å². The molecule has 158 valence electrons. The molecule has 0 amide bonds. The van der Waals surface area contributed by atoms with Gasteiger partial charge in [0.05, 0.1) is 6.10 Å². The van der Waals surface area contributed by atoms with Gasteiger partial charge in [-0.1, -0.05) is 76.6 Å². The molecule has 1 heteroatoms. The lowest BCUT2D eigenvalue weighted by Crippen LogP contribution is -2.36. The summed E-state index contributed by atoms with van der Waals surface area (Å²) in [5.74, 6) is -1.35. The maximum atomic E-state index is 10.1.